The number of fused-ring (bicyclic) bond motifs is 1. The van der Waals surface area contributed by atoms with E-state index in [0.717, 1.165) is 33.7 Å². The fourth-order valence-corrected chi connectivity index (χ4v) is 2.30. The van der Waals surface area contributed by atoms with Crippen molar-refractivity contribution >= 4 is 16.7 Å². The topological polar surface area (TPSA) is 60.9 Å². The van der Waals surface area contributed by atoms with E-state index in [1.165, 1.54) is 0 Å². The van der Waals surface area contributed by atoms with Gasteiger partial charge in [0.15, 0.2) is 0 Å². The van der Waals surface area contributed by atoms with Crippen LogP contribution in [0.2, 0.25) is 0 Å². The molecule has 4 nitrogen and oxygen atoms in total. The molecule has 4 heteroatoms. The fourth-order valence-electron chi connectivity index (χ4n) is 2.30. The molecule has 2 aromatic carbocycles. The highest BCUT2D eigenvalue weighted by atomic mass is 16.3. The summed E-state index contributed by atoms with van der Waals surface area (Å²) in [5.41, 5.74) is 5.01. The van der Waals surface area contributed by atoms with Gasteiger partial charge in [0.25, 0.3) is 0 Å². The maximum Gasteiger partial charge on any atom is 0.120 e. The number of anilines is 1. The van der Waals surface area contributed by atoms with Crippen LogP contribution in [0.5, 0.6) is 5.75 Å². The number of hydrogen-bond donors (Lipinski definition) is 3. The van der Waals surface area contributed by atoms with Crippen molar-refractivity contribution in [2.75, 3.05) is 5.32 Å². The Bertz CT molecular complexity index is 762. The number of nitrogens with one attached hydrogen (secondary N) is 2. The summed E-state index contributed by atoms with van der Waals surface area (Å²) >= 11 is 0. The zero-order chi connectivity index (χ0) is 14.1. The van der Waals surface area contributed by atoms with Gasteiger partial charge in [0, 0.05) is 17.8 Å². The molecule has 0 fully saturated rings. The van der Waals surface area contributed by atoms with Gasteiger partial charge in [0.05, 0.1) is 11.0 Å². The lowest BCUT2D eigenvalue weighted by atomic mass is 10.1. The van der Waals surface area contributed by atoms with Crippen molar-refractivity contribution in [3.63, 3.8) is 0 Å². The van der Waals surface area contributed by atoms with Crippen molar-refractivity contribution < 1.29 is 5.11 Å². The highest BCUT2D eigenvalue weighted by Crippen LogP contribution is 2.21. The van der Waals surface area contributed by atoms with Crippen molar-refractivity contribution in [1.82, 2.24) is 9.97 Å². The molecular formula is C16H17N3O. The van der Waals surface area contributed by atoms with Gasteiger partial charge in [-0.15, -0.1) is 0 Å². The first-order valence-corrected chi connectivity index (χ1v) is 6.60. The van der Waals surface area contributed by atoms with E-state index in [1.807, 2.05) is 44.2 Å². The second-order valence-corrected chi connectivity index (χ2v) is 5.04. The standard InChI is InChI=1S/C16H17N3O/c1-10-3-6-16(20)12(7-10)9-17-13-4-5-14-15(8-13)19-11(2)18-14/h3-8,17,20H,9H2,1-2H3,(H,18,19). The quantitative estimate of drug-likeness (QED) is 0.680. The lowest BCUT2D eigenvalue weighted by Crippen LogP contribution is -2.00. The summed E-state index contributed by atoms with van der Waals surface area (Å²) in [6.07, 6.45) is 0. The average molecular weight is 267 g/mol. The molecule has 0 bridgehead atoms. The number of aromatic amines is 1. The Morgan fingerprint density at radius 2 is 2.00 bits per heavy atom. The van der Waals surface area contributed by atoms with Crippen molar-refractivity contribution in [3.05, 3.63) is 53.3 Å². The van der Waals surface area contributed by atoms with E-state index < -0.39 is 0 Å². The molecule has 1 aromatic heterocycles. The molecule has 20 heavy (non-hydrogen) atoms. The SMILES string of the molecule is Cc1ccc(O)c(CNc2ccc3nc(C)[nH]c3c2)c1. The Labute approximate surface area is 117 Å². The first-order chi connectivity index (χ1) is 9.61. The van der Waals surface area contributed by atoms with Gasteiger partial charge in [-0.3, -0.25) is 0 Å². The van der Waals surface area contributed by atoms with E-state index >= 15 is 0 Å². The largest absolute Gasteiger partial charge is 0.508 e. The van der Waals surface area contributed by atoms with E-state index in [-0.39, 0.29) is 0 Å². The Kier molecular flexibility index (Phi) is 3.06. The van der Waals surface area contributed by atoms with Crippen molar-refractivity contribution in [2.45, 2.75) is 20.4 Å². The highest BCUT2D eigenvalue weighted by molar-refractivity contribution is 5.79. The van der Waals surface area contributed by atoms with Crippen LogP contribution >= 0.6 is 0 Å². The van der Waals surface area contributed by atoms with Crippen molar-refractivity contribution in [3.8, 4) is 5.75 Å². The molecule has 0 aliphatic rings. The van der Waals surface area contributed by atoms with Crippen LogP contribution in [-0.2, 0) is 6.54 Å². The summed E-state index contributed by atoms with van der Waals surface area (Å²) in [5.74, 6) is 1.23. The molecule has 3 aromatic rings. The number of aromatic nitrogens is 2. The van der Waals surface area contributed by atoms with Crippen LogP contribution in [0.25, 0.3) is 11.0 Å². The van der Waals surface area contributed by atoms with Gasteiger partial charge in [-0.25, -0.2) is 4.98 Å². The number of H-pyrrole nitrogens is 1. The summed E-state index contributed by atoms with van der Waals surface area (Å²) in [6.45, 7) is 4.55. The summed E-state index contributed by atoms with van der Waals surface area (Å²) in [6, 6.07) is 11.6. The monoisotopic (exact) mass is 267 g/mol. The highest BCUT2D eigenvalue weighted by Gasteiger charge is 2.03. The lowest BCUT2D eigenvalue weighted by molar-refractivity contribution is 0.469. The first kappa shape index (κ1) is 12.5. The molecule has 0 saturated heterocycles. The first-order valence-electron chi connectivity index (χ1n) is 6.60. The molecule has 0 saturated carbocycles. The minimum atomic E-state index is 0.321. The number of phenolic OH excluding ortho intramolecular Hbond substituents is 1. The minimum absolute atomic E-state index is 0.321. The van der Waals surface area contributed by atoms with Gasteiger partial charge < -0.3 is 15.4 Å². The van der Waals surface area contributed by atoms with Crippen molar-refractivity contribution in [2.24, 2.45) is 0 Å². The van der Waals surface area contributed by atoms with Gasteiger partial charge in [-0.1, -0.05) is 17.7 Å². The molecule has 0 spiro atoms. The molecule has 0 aliphatic heterocycles. The maximum atomic E-state index is 9.83. The molecule has 3 rings (SSSR count). The molecule has 1 heterocycles. The third kappa shape index (κ3) is 2.45. The van der Waals surface area contributed by atoms with Crippen molar-refractivity contribution in [1.29, 1.82) is 0 Å². The molecule has 102 valence electrons. The van der Waals surface area contributed by atoms with Gasteiger partial charge >= 0.3 is 0 Å². The van der Waals surface area contributed by atoms with E-state index in [0.29, 0.717) is 12.3 Å². The van der Waals surface area contributed by atoms with Gasteiger partial charge in [-0.05, 0) is 38.1 Å². The summed E-state index contributed by atoms with van der Waals surface area (Å²) in [5, 5.41) is 13.2. The number of imidazole rings is 1. The smallest absolute Gasteiger partial charge is 0.120 e. The van der Waals surface area contributed by atoms with Crippen LogP contribution in [0, 0.1) is 13.8 Å². The van der Waals surface area contributed by atoms with Crippen LogP contribution in [0.4, 0.5) is 5.69 Å². The van der Waals surface area contributed by atoms with Gasteiger partial charge in [0.2, 0.25) is 0 Å². The number of aromatic hydroxyl groups is 1. The number of phenols is 1. The van der Waals surface area contributed by atoms with E-state index in [1.54, 1.807) is 6.07 Å². The molecule has 3 N–H and O–H groups in total. The molecular weight excluding hydrogens is 250 g/mol. The zero-order valence-electron chi connectivity index (χ0n) is 11.6. The Hall–Kier alpha value is -2.49. The third-order valence-corrected chi connectivity index (χ3v) is 3.32. The second-order valence-electron chi connectivity index (χ2n) is 5.04. The van der Waals surface area contributed by atoms with Crippen LogP contribution in [-0.4, -0.2) is 15.1 Å². The molecule has 0 amide bonds. The predicted octanol–water partition coefficient (Wildman–Crippen LogP) is 3.50. The number of benzene rings is 2. The summed E-state index contributed by atoms with van der Waals surface area (Å²) in [4.78, 5) is 7.59. The Morgan fingerprint density at radius 3 is 2.85 bits per heavy atom. The molecule has 0 aliphatic carbocycles. The second kappa shape index (κ2) is 4.89. The maximum absolute atomic E-state index is 9.83. The normalized spacial score (nSPS) is 10.9. The van der Waals surface area contributed by atoms with Crippen LogP contribution in [0.15, 0.2) is 36.4 Å². The predicted molar refractivity (Wildman–Crippen MR) is 81.0 cm³/mol. The summed E-state index contributed by atoms with van der Waals surface area (Å²) < 4.78 is 0. The van der Waals surface area contributed by atoms with Gasteiger partial charge in [0.1, 0.15) is 11.6 Å². The number of nitrogens with zero attached hydrogens (tertiary/aromatic N) is 1. The molecule has 0 radical (unpaired) electrons. The summed E-state index contributed by atoms with van der Waals surface area (Å²) in [7, 11) is 0. The molecule has 0 unspecified atom stereocenters. The minimum Gasteiger partial charge on any atom is -0.508 e. The third-order valence-electron chi connectivity index (χ3n) is 3.32. The molecule has 0 atom stereocenters. The average Bonchev–Trinajstić information content (AvgIpc) is 2.79. The number of rotatable bonds is 3. The van der Waals surface area contributed by atoms with Crippen LogP contribution in [0.3, 0.4) is 0 Å². The number of aryl methyl sites for hydroxylation is 2. The Balaban J connectivity index is 1.80. The fraction of sp³-hybridized carbons (Fsp3) is 0.188. The van der Waals surface area contributed by atoms with Crippen LogP contribution in [0.1, 0.15) is 17.0 Å². The number of hydrogen-bond acceptors (Lipinski definition) is 3. The van der Waals surface area contributed by atoms with Crippen LogP contribution < -0.4 is 5.32 Å². The van der Waals surface area contributed by atoms with E-state index in [9.17, 15) is 5.11 Å². The van der Waals surface area contributed by atoms with E-state index in [4.69, 9.17) is 0 Å². The zero-order valence-corrected chi connectivity index (χ0v) is 11.6. The lowest BCUT2D eigenvalue weighted by Gasteiger charge is -2.09. The van der Waals surface area contributed by atoms with E-state index in [2.05, 4.69) is 15.3 Å². The Morgan fingerprint density at radius 1 is 1.15 bits per heavy atom. The van der Waals surface area contributed by atoms with Gasteiger partial charge in [-0.2, -0.15) is 0 Å².